The second-order valence-corrected chi connectivity index (χ2v) is 18.3. The van der Waals surface area contributed by atoms with Gasteiger partial charge in [0.25, 0.3) is 0 Å². The Hall–Kier alpha value is -8.01. The molecule has 1 spiro atoms. The Balaban J connectivity index is 1.11. The predicted molar refractivity (Wildman–Crippen MR) is 274 cm³/mol. The van der Waals surface area contributed by atoms with Crippen molar-refractivity contribution in [3.05, 3.63) is 258 Å². The zero-order valence-electron chi connectivity index (χ0n) is 36.8. The molecule has 4 aliphatic rings. The van der Waals surface area contributed by atoms with Crippen molar-refractivity contribution in [2.45, 2.75) is 31.2 Å². The molecule has 3 nitrogen and oxygen atoms in total. The van der Waals surface area contributed by atoms with E-state index >= 15 is 0 Å². The van der Waals surface area contributed by atoms with E-state index in [1.807, 2.05) is 0 Å². The van der Waals surface area contributed by atoms with Crippen molar-refractivity contribution in [2.75, 3.05) is 4.90 Å². The summed E-state index contributed by atoms with van der Waals surface area (Å²) in [6.07, 6.45) is 15.8. The highest BCUT2D eigenvalue weighted by Gasteiger charge is 2.55. The third-order valence-corrected chi connectivity index (χ3v) is 14.4. The Morgan fingerprint density at radius 3 is 2.00 bits per heavy atom. The van der Waals surface area contributed by atoms with Crippen molar-refractivity contribution in [1.29, 1.82) is 0 Å². The number of benzene rings is 7. The number of para-hydroxylation sites is 1. The van der Waals surface area contributed by atoms with Gasteiger partial charge in [-0.05, 0) is 117 Å². The molecule has 314 valence electrons. The summed E-state index contributed by atoms with van der Waals surface area (Å²) < 4.78 is 2.49. The number of nitrogens with zero attached hydrogens (tertiary/aromatic N) is 3. The molecule has 13 rings (SSSR count). The zero-order valence-corrected chi connectivity index (χ0v) is 36.8. The van der Waals surface area contributed by atoms with Crippen molar-refractivity contribution >= 4 is 27.9 Å². The van der Waals surface area contributed by atoms with E-state index in [0.717, 1.165) is 46.6 Å². The molecule has 0 aliphatic heterocycles. The maximum absolute atomic E-state index is 5.63. The summed E-state index contributed by atoms with van der Waals surface area (Å²) in [6.45, 7) is 2.35. The first-order chi connectivity index (χ1) is 32.6. The molecule has 0 amide bonds. The Bertz CT molecular complexity index is 3440. The lowest BCUT2D eigenvalue weighted by Gasteiger charge is -2.33. The van der Waals surface area contributed by atoms with Crippen LogP contribution in [-0.4, -0.2) is 15.6 Å². The first-order valence-corrected chi connectivity index (χ1v) is 23.4. The van der Waals surface area contributed by atoms with Crippen LogP contribution in [0.25, 0.3) is 67.1 Å². The molecule has 2 heterocycles. The smallest absolute Gasteiger partial charge is 0.138 e. The zero-order chi connectivity index (χ0) is 43.8. The maximum Gasteiger partial charge on any atom is 0.138 e. The fourth-order valence-corrected chi connectivity index (χ4v) is 11.6. The number of hydrogen-bond donors (Lipinski definition) is 0. The monoisotopic (exact) mass is 845 g/mol. The Morgan fingerprint density at radius 1 is 0.561 bits per heavy atom. The summed E-state index contributed by atoms with van der Waals surface area (Å²) in [5.74, 6) is 1.37. The Labute approximate surface area is 386 Å². The fraction of sp³-hybridized carbons (Fsp3) is 0.0952. The van der Waals surface area contributed by atoms with Crippen LogP contribution in [0.3, 0.4) is 0 Å². The minimum atomic E-state index is -0.511. The van der Waals surface area contributed by atoms with Gasteiger partial charge in [-0.2, -0.15) is 0 Å². The molecule has 0 saturated carbocycles. The van der Waals surface area contributed by atoms with Crippen LogP contribution in [0.4, 0.5) is 11.4 Å². The summed E-state index contributed by atoms with van der Waals surface area (Å²) in [7, 11) is 0. The van der Waals surface area contributed by atoms with E-state index in [2.05, 4.69) is 247 Å². The fourth-order valence-electron chi connectivity index (χ4n) is 11.6. The highest BCUT2D eigenvalue weighted by molar-refractivity contribution is 6.06. The van der Waals surface area contributed by atoms with Crippen LogP contribution in [0.15, 0.2) is 236 Å². The number of allylic oxidation sites excluding steroid dienone is 6. The summed E-state index contributed by atoms with van der Waals surface area (Å²) in [5, 5.41) is 1.24. The van der Waals surface area contributed by atoms with Crippen molar-refractivity contribution in [1.82, 2.24) is 9.55 Å². The number of rotatable bonds is 7. The minimum absolute atomic E-state index is 0.210. The van der Waals surface area contributed by atoms with Crippen molar-refractivity contribution < 1.29 is 0 Å². The van der Waals surface area contributed by atoms with Gasteiger partial charge in [0, 0.05) is 33.5 Å². The highest BCUT2D eigenvalue weighted by atomic mass is 15.2. The molecular weight excluding hydrogens is 799 g/mol. The summed E-state index contributed by atoms with van der Waals surface area (Å²) in [4.78, 5) is 8.11. The second-order valence-electron chi connectivity index (χ2n) is 18.3. The molecule has 3 heteroatoms. The lowest BCUT2D eigenvalue weighted by molar-refractivity contribution is 0.727. The van der Waals surface area contributed by atoms with Gasteiger partial charge in [0.2, 0.25) is 0 Å². The molecule has 0 fully saturated rings. The lowest BCUT2D eigenvalue weighted by atomic mass is 9.68. The van der Waals surface area contributed by atoms with Crippen LogP contribution in [0.5, 0.6) is 0 Å². The standard InChI is InChI=1S/C63H47N3/c1-42-33-35-57-53(37-42)51-29-14-16-31-55(51)63(57)56-32-17-15-30-52(56)62-61(63)54-39-46(45-23-18-28-50(38-45)65(48-24-10-4-11-25-48)49-26-12-5-13-27-49)34-36-59(54)66(62)60-41-47(43-19-6-2-7-20-43)40-58(64-60)44-21-8-3-9-22-44/h2-26,28-36,38-42,49H,27,37H2,1H3. The molecule has 0 radical (unpaired) electrons. The largest absolute Gasteiger partial charge is 0.334 e. The van der Waals surface area contributed by atoms with Crippen LogP contribution in [0, 0.1) is 5.92 Å². The number of pyridine rings is 1. The number of fused-ring (bicyclic) bond motifs is 11. The quantitative estimate of drug-likeness (QED) is 0.159. The molecule has 2 aromatic heterocycles. The van der Waals surface area contributed by atoms with E-state index < -0.39 is 5.41 Å². The predicted octanol–water partition coefficient (Wildman–Crippen LogP) is 15.7. The third kappa shape index (κ3) is 5.86. The van der Waals surface area contributed by atoms with E-state index in [-0.39, 0.29) is 6.04 Å². The average molecular weight is 846 g/mol. The van der Waals surface area contributed by atoms with Gasteiger partial charge in [0.05, 0.1) is 28.4 Å². The maximum atomic E-state index is 5.63. The Morgan fingerprint density at radius 2 is 1.23 bits per heavy atom. The lowest BCUT2D eigenvalue weighted by Crippen LogP contribution is -2.29. The van der Waals surface area contributed by atoms with Crippen molar-refractivity contribution in [3.63, 3.8) is 0 Å². The second kappa shape index (κ2) is 15.3. The normalized spacial score (nSPS) is 18.7. The van der Waals surface area contributed by atoms with Crippen LogP contribution in [0.2, 0.25) is 0 Å². The van der Waals surface area contributed by atoms with Gasteiger partial charge < -0.3 is 4.90 Å². The molecule has 0 saturated heterocycles. The van der Waals surface area contributed by atoms with Gasteiger partial charge in [-0.3, -0.25) is 4.57 Å². The van der Waals surface area contributed by atoms with Crippen molar-refractivity contribution in [3.8, 4) is 50.6 Å². The van der Waals surface area contributed by atoms with E-state index in [1.165, 1.54) is 72.5 Å². The van der Waals surface area contributed by atoms with Crippen molar-refractivity contribution in [2.24, 2.45) is 5.92 Å². The molecule has 3 atom stereocenters. The first kappa shape index (κ1) is 38.4. The molecule has 9 aromatic rings. The summed E-state index contributed by atoms with van der Waals surface area (Å²) in [6, 6.07) is 71.7. The van der Waals surface area contributed by atoms with Crippen LogP contribution in [-0.2, 0) is 5.41 Å². The first-order valence-electron chi connectivity index (χ1n) is 23.4. The van der Waals surface area contributed by atoms with E-state index in [1.54, 1.807) is 0 Å². The SMILES string of the molecule is CC1C=CC2=C(C1)c1ccccc1C21c2ccccc2-c2c1c1cc(-c3cccc(N(c4ccccc4)C4C=CC=CC4)c3)ccc1n2-c1cc(-c2ccccc2)cc(-c2ccccc2)n1. The van der Waals surface area contributed by atoms with E-state index in [9.17, 15) is 0 Å². The molecule has 4 aliphatic carbocycles. The highest BCUT2D eigenvalue weighted by Crippen LogP contribution is 2.66. The van der Waals surface area contributed by atoms with E-state index in [4.69, 9.17) is 4.98 Å². The van der Waals surface area contributed by atoms with Gasteiger partial charge in [0.1, 0.15) is 5.82 Å². The molecule has 0 N–H and O–H groups in total. The summed E-state index contributed by atoms with van der Waals surface area (Å²) >= 11 is 0. The molecule has 7 aromatic carbocycles. The van der Waals surface area contributed by atoms with Gasteiger partial charge in [-0.25, -0.2) is 4.98 Å². The van der Waals surface area contributed by atoms with Gasteiger partial charge in [-0.1, -0.05) is 189 Å². The topological polar surface area (TPSA) is 21.1 Å². The summed E-state index contributed by atoms with van der Waals surface area (Å²) in [5.41, 5.74) is 20.5. The van der Waals surface area contributed by atoms with Gasteiger partial charge in [0.15, 0.2) is 0 Å². The number of hydrogen-bond acceptors (Lipinski definition) is 2. The third-order valence-electron chi connectivity index (χ3n) is 14.4. The number of anilines is 2. The molecule has 66 heavy (non-hydrogen) atoms. The number of aromatic nitrogens is 2. The van der Waals surface area contributed by atoms with Crippen LogP contribution in [0.1, 0.15) is 42.0 Å². The van der Waals surface area contributed by atoms with Crippen LogP contribution < -0.4 is 4.90 Å². The van der Waals surface area contributed by atoms with Gasteiger partial charge in [-0.15, -0.1) is 0 Å². The molecule has 0 bridgehead atoms. The van der Waals surface area contributed by atoms with E-state index in [0.29, 0.717) is 5.92 Å². The average Bonchev–Trinajstić information content (AvgIpc) is 3.99. The molecular formula is C63H47N3. The molecule has 3 unspecified atom stereocenters. The van der Waals surface area contributed by atoms with Crippen LogP contribution >= 0.6 is 0 Å². The van der Waals surface area contributed by atoms with Gasteiger partial charge >= 0.3 is 0 Å². The minimum Gasteiger partial charge on any atom is -0.334 e. The Kier molecular flexibility index (Phi) is 8.92.